The van der Waals surface area contributed by atoms with E-state index in [9.17, 15) is 35.1 Å². The van der Waals surface area contributed by atoms with Crippen LogP contribution in [0.4, 0.5) is 0 Å². The number of hydrogen-bond acceptors (Lipinski definition) is 10. The zero-order valence-corrected chi connectivity index (χ0v) is 17.4. The van der Waals surface area contributed by atoms with Crippen LogP contribution in [-0.2, 0) is 10.4 Å². The normalized spacial score (nSPS) is 31.2. The molecule has 6 N–H and O–H groups in total. The van der Waals surface area contributed by atoms with E-state index in [4.69, 9.17) is 9.47 Å². The number of aromatic hydroxyl groups is 3. The predicted octanol–water partition coefficient (Wildman–Crippen LogP) is 0.430. The molecule has 0 radical (unpaired) electrons. The lowest BCUT2D eigenvalue weighted by Gasteiger charge is -2.48. The highest BCUT2D eigenvalue weighted by Gasteiger charge is 2.62. The molecule has 32 heavy (non-hydrogen) atoms. The van der Waals surface area contributed by atoms with Gasteiger partial charge in [-0.1, -0.05) is 0 Å². The first-order valence-electron chi connectivity index (χ1n) is 10.2. The van der Waals surface area contributed by atoms with Crippen molar-refractivity contribution in [2.45, 2.75) is 36.5 Å². The Hall–Kier alpha value is -3.08. The van der Waals surface area contributed by atoms with Crippen molar-refractivity contribution in [3.8, 4) is 28.7 Å². The molecule has 170 valence electrons. The summed E-state index contributed by atoms with van der Waals surface area (Å²) in [5.74, 6) is -4.40. The number of phenolic OH excluding ortho intramolecular Hbond substituents is 3. The number of carbonyl (C=O) groups is 2. The molecule has 1 aliphatic heterocycles. The number of ketones is 2. The molecule has 10 nitrogen and oxygen atoms in total. The number of nitrogens with one attached hydrogen (secondary N) is 1. The summed E-state index contributed by atoms with van der Waals surface area (Å²) < 4.78 is 10.5. The second-order valence-electron chi connectivity index (χ2n) is 8.79. The van der Waals surface area contributed by atoms with Crippen LogP contribution in [0.2, 0.25) is 0 Å². The second-order valence-corrected chi connectivity index (χ2v) is 8.79. The Labute approximate surface area is 182 Å². The number of aliphatic hydroxyl groups is 2. The lowest BCUT2D eigenvalue weighted by atomic mass is 9.58. The van der Waals surface area contributed by atoms with E-state index >= 15 is 0 Å². The fourth-order valence-electron chi connectivity index (χ4n) is 5.48. The average molecular weight is 445 g/mol. The van der Waals surface area contributed by atoms with Crippen LogP contribution in [0.5, 0.6) is 28.7 Å². The molecule has 0 bridgehead atoms. The van der Waals surface area contributed by atoms with Gasteiger partial charge in [-0.15, -0.1) is 0 Å². The molecule has 0 unspecified atom stereocenters. The van der Waals surface area contributed by atoms with E-state index in [1.165, 1.54) is 14.2 Å². The first kappa shape index (κ1) is 20.8. The zero-order valence-electron chi connectivity index (χ0n) is 17.4. The van der Waals surface area contributed by atoms with Gasteiger partial charge in [-0.05, 0) is 12.5 Å². The van der Waals surface area contributed by atoms with Gasteiger partial charge in [0, 0.05) is 42.3 Å². The third-order valence-corrected chi connectivity index (χ3v) is 7.07. The number of benzene rings is 2. The van der Waals surface area contributed by atoms with E-state index in [0.29, 0.717) is 6.54 Å². The van der Waals surface area contributed by atoms with Gasteiger partial charge in [0.05, 0.1) is 30.8 Å². The summed E-state index contributed by atoms with van der Waals surface area (Å²) >= 11 is 0. The summed E-state index contributed by atoms with van der Waals surface area (Å²) in [5, 5.41) is 57.4. The Morgan fingerprint density at radius 1 is 1.06 bits per heavy atom. The summed E-state index contributed by atoms with van der Waals surface area (Å²) in [6, 6.07) is 0.864. The largest absolute Gasteiger partial charge is 0.506 e. The molecule has 10 heteroatoms. The molecule has 3 aliphatic rings. The highest BCUT2D eigenvalue weighted by Crippen LogP contribution is 2.59. The molecule has 2 aliphatic carbocycles. The fourth-order valence-corrected chi connectivity index (χ4v) is 5.48. The lowest BCUT2D eigenvalue weighted by molar-refractivity contribution is -0.167. The number of Topliss-reactive ketones (excluding diaryl/α,β-unsaturated/α-hetero) is 2. The zero-order chi connectivity index (χ0) is 23.2. The number of hydrogen-bond donors (Lipinski definition) is 6. The minimum absolute atomic E-state index is 0.000841. The third kappa shape index (κ3) is 2.45. The van der Waals surface area contributed by atoms with Crippen molar-refractivity contribution in [1.82, 2.24) is 5.32 Å². The number of methoxy groups -OCH3 is 2. The maximum Gasteiger partial charge on any atom is 0.203 e. The number of carbonyl (C=O) groups excluding carboxylic acids is 2. The van der Waals surface area contributed by atoms with Gasteiger partial charge in [-0.25, -0.2) is 0 Å². The fraction of sp³-hybridized carbons (Fsp3) is 0.455. The molecular formula is C22H23NO9. The van der Waals surface area contributed by atoms with E-state index in [1.807, 2.05) is 0 Å². The summed E-state index contributed by atoms with van der Waals surface area (Å²) in [4.78, 5) is 26.5. The first-order chi connectivity index (χ1) is 15.1. The molecule has 5 rings (SSSR count). The number of ether oxygens (including phenoxy) is 2. The Bertz CT molecular complexity index is 1200. The van der Waals surface area contributed by atoms with Crippen LogP contribution in [0.15, 0.2) is 6.07 Å². The molecule has 2 aromatic carbocycles. The van der Waals surface area contributed by atoms with Crippen LogP contribution in [0.25, 0.3) is 10.8 Å². The molecule has 1 saturated carbocycles. The molecule has 2 fully saturated rings. The minimum atomic E-state index is -2.20. The molecule has 4 atom stereocenters. The summed E-state index contributed by atoms with van der Waals surface area (Å²) in [5.41, 5.74) is -4.14. The average Bonchev–Trinajstić information content (AvgIpc) is 3.56. The topological polar surface area (TPSA) is 176 Å². The Morgan fingerprint density at radius 2 is 1.72 bits per heavy atom. The van der Waals surface area contributed by atoms with Crippen molar-refractivity contribution in [2.75, 3.05) is 20.8 Å². The van der Waals surface area contributed by atoms with Crippen molar-refractivity contribution in [2.24, 2.45) is 5.92 Å². The Balaban J connectivity index is 1.84. The maximum absolute atomic E-state index is 13.3. The predicted molar refractivity (Wildman–Crippen MR) is 109 cm³/mol. The van der Waals surface area contributed by atoms with Gasteiger partial charge in [0.2, 0.25) is 5.75 Å². The van der Waals surface area contributed by atoms with Gasteiger partial charge >= 0.3 is 0 Å². The molecule has 0 aromatic heterocycles. The summed E-state index contributed by atoms with van der Waals surface area (Å²) in [7, 11) is 2.46. The molecule has 1 heterocycles. The van der Waals surface area contributed by atoms with Gasteiger partial charge in [-0.2, -0.15) is 0 Å². The molecular weight excluding hydrogens is 422 g/mol. The van der Waals surface area contributed by atoms with Crippen molar-refractivity contribution in [1.29, 1.82) is 0 Å². The van der Waals surface area contributed by atoms with Gasteiger partial charge in [0.15, 0.2) is 28.7 Å². The van der Waals surface area contributed by atoms with Gasteiger partial charge in [0.1, 0.15) is 11.5 Å². The third-order valence-electron chi connectivity index (χ3n) is 7.07. The first-order valence-corrected chi connectivity index (χ1v) is 10.2. The van der Waals surface area contributed by atoms with Crippen LogP contribution in [0, 0.1) is 5.92 Å². The van der Waals surface area contributed by atoms with Crippen LogP contribution >= 0.6 is 0 Å². The smallest absolute Gasteiger partial charge is 0.203 e. The van der Waals surface area contributed by atoms with Crippen LogP contribution < -0.4 is 14.8 Å². The van der Waals surface area contributed by atoms with Gasteiger partial charge < -0.3 is 40.3 Å². The standard InChI is InChI=1S/C22H23NO9/c1-31-19-9-4-11(25)20(32-2)18(28)14(9)17(27)15-10(24)3-8-5-21(29,12-7-23-12)6-13(26)22(8,30)16(15)19/h4,8,12,23,25,27-30H,3,5-7H2,1-2H3/t8-,12-,21-,22+/m1/s1. The number of rotatable bonds is 3. The van der Waals surface area contributed by atoms with Crippen LogP contribution in [0.3, 0.4) is 0 Å². The molecule has 2 aromatic rings. The Kier molecular flexibility index (Phi) is 4.21. The summed E-state index contributed by atoms with van der Waals surface area (Å²) in [6.45, 7) is 0.536. The van der Waals surface area contributed by atoms with Crippen molar-refractivity contribution >= 4 is 22.3 Å². The quantitative estimate of drug-likeness (QED) is 0.363. The molecule has 1 saturated heterocycles. The highest BCUT2D eigenvalue weighted by atomic mass is 16.5. The van der Waals surface area contributed by atoms with Crippen LogP contribution in [0.1, 0.15) is 35.2 Å². The second kappa shape index (κ2) is 6.47. The molecule has 0 spiro atoms. The van der Waals surface area contributed by atoms with Gasteiger partial charge in [0.25, 0.3) is 0 Å². The minimum Gasteiger partial charge on any atom is -0.506 e. The highest BCUT2D eigenvalue weighted by molar-refractivity contribution is 6.14. The van der Waals surface area contributed by atoms with Crippen molar-refractivity contribution in [3.05, 3.63) is 17.2 Å². The Morgan fingerprint density at radius 3 is 2.31 bits per heavy atom. The van der Waals surface area contributed by atoms with E-state index in [2.05, 4.69) is 5.32 Å². The number of fused-ring (bicyclic) bond motifs is 4. The van der Waals surface area contributed by atoms with E-state index in [-0.39, 0.29) is 58.7 Å². The monoisotopic (exact) mass is 445 g/mol. The lowest BCUT2D eigenvalue weighted by Crippen LogP contribution is -2.59. The van der Waals surface area contributed by atoms with E-state index in [1.54, 1.807) is 0 Å². The van der Waals surface area contributed by atoms with Crippen molar-refractivity contribution in [3.63, 3.8) is 0 Å². The van der Waals surface area contributed by atoms with E-state index < -0.39 is 45.9 Å². The SMILES string of the molecule is COc1c(O)cc2c(OC)c3c(c(O)c2c1O)C(=O)C[C@@H]1C[C@](O)([C@H]2CN2)CC(=O)[C@]31O. The van der Waals surface area contributed by atoms with Crippen molar-refractivity contribution < 1.29 is 44.6 Å². The molecule has 0 amide bonds. The number of phenols is 3. The summed E-state index contributed by atoms with van der Waals surface area (Å²) in [6.07, 6.45) is -0.631. The van der Waals surface area contributed by atoms with Gasteiger partial charge in [-0.3, -0.25) is 9.59 Å². The maximum atomic E-state index is 13.3. The van der Waals surface area contributed by atoms with Crippen LogP contribution in [-0.4, -0.2) is 69.5 Å². The van der Waals surface area contributed by atoms with E-state index in [0.717, 1.165) is 6.07 Å².